The van der Waals surface area contributed by atoms with Crippen LogP contribution in [0.25, 0.3) is 0 Å². The SMILES string of the molecule is CNC(=O)[C@@H]1CCCN1C[C@@H](O)c1cccc(Cl)c1. The molecule has 19 heavy (non-hydrogen) atoms. The summed E-state index contributed by atoms with van der Waals surface area (Å²) >= 11 is 5.92. The van der Waals surface area contributed by atoms with E-state index in [1.165, 1.54) is 0 Å². The van der Waals surface area contributed by atoms with Crippen molar-refractivity contribution in [3.8, 4) is 0 Å². The molecule has 0 radical (unpaired) electrons. The molecule has 0 aliphatic carbocycles. The molecule has 104 valence electrons. The first-order valence-corrected chi connectivity index (χ1v) is 6.89. The van der Waals surface area contributed by atoms with Gasteiger partial charge in [-0.3, -0.25) is 9.69 Å². The number of likely N-dealkylation sites (N-methyl/N-ethyl adjacent to an activating group) is 1. The van der Waals surface area contributed by atoms with Gasteiger partial charge in [0.1, 0.15) is 0 Å². The van der Waals surface area contributed by atoms with Gasteiger partial charge in [0.2, 0.25) is 5.91 Å². The van der Waals surface area contributed by atoms with Crippen LogP contribution < -0.4 is 5.32 Å². The van der Waals surface area contributed by atoms with Crippen molar-refractivity contribution < 1.29 is 9.90 Å². The molecule has 0 unspecified atom stereocenters. The first-order valence-electron chi connectivity index (χ1n) is 6.51. The summed E-state index contributed by atoms with van der Waals surface area (Å²) in [7, 11) is 1.65. The predicted molar refractivity (Wildman–Crippen MR) is 75.1 cm³/mol. The highest BCUT2D eigenvalue weighted by molar-refractivity contribution is 6.30. The topological polar surface area (TPSA) is 52.6 Å². The highest BCUT2D eigenvalue weighted by Gasteiger charge is 2.31. The second-order valence-electron chi connectivity index (χ2n) is 4.84. The smallest absolute Gasteiger partial charge is 0.237 e. The van der Waals surface area contributed by atoms with Crippen LogP contribution in [0.3, 0.4) is 0 Å². The number of nitrogens with zero attached hydrogens (tertiary/aromatic N) is 1. The van der Waals surface area contributed by atoms with Crippen LogP contribution in [0.15, 0.2) is 24.3 Å². The van der Waals surface area contributed by atoms with E-state index in [0.717, 1.165) is 24.9 Å². The fraction of sp³-hybridized carbons (Fsp3) is 0.500. The summed E-state index contributed by atoms with van der Waals surface area (Å²) in [5.41, 5.74) is 0.787. The first kappa shape index (κ1) is 14.3. The summed E-state index contributed by atoms with van der Waals surface area (Å²) in [6, 6.07) is 7.08. The summed E-state index contributed by atoms with van der Waals surface area (Å²) in [5.74, 6) is 0.0239. The number of benzene rings is 1. The highest BCUT2D eigenvalue weighted by Crippen LogP contribution is 2.23. The molecule has 2 rings (SSSR count). The van der Waals surface area contributed by atoms with Crippen LogP contribution in [-0.4, -0.2) is 42.1 Å². The van der Waals surface area contributed by atoms with Crippen LogP contribution in [0.5, 0.6) is 0 Å². The summed E-state index contributed by atoms with van der Waals surface area (Å²) < 4.78 is 0. The number of β-amino-alcohol motifs (C(OH)–C–C–N with tert-alkyl or cyclic N) is 1. The van der Waals surface area contributed by atoms with Crippen molar-refractivity contribution in [2.75, 3.05) is 20.1 Å². The second-order valence-corrected chi connectivity index (χ2v) is 5.27. The molecular formula is C14H19ClN2O2. The molecule has 0 saturated carbocycles. The molecule has 1 aromatic carbocycles. The van der Waals surface area contributed by atoms with Gasteiger partial charge in [0.25, 0.3) is 0 Å². The maximum Gasteiger partial charge on any atom is 0.237 e. The quantitative estimate of drug-likeness (QED) is 0.882. The average molecular weight is 283 g/mol. The summed E-state index contributed by atoms with van der Waals surface area (Å²) in [4.78, 5) is 13.8. The second kappa shape index (κ2) is 6.37. The van der Waals surface area contributed by atoms with E-state index >= 15 is 0 Å². The van der Waals surface area contributed by atoms with Crippen molar-refractivity contribution in [1.82, 2.24) is 10.2 Å². The van der Waals surface area contributed by atoms with Gasteiger partial charge in [0.15, 0.2) is 0 Å². The third-order valence-electron chi connectivity index (χ3n) is 3.55. The summed E-state index contributed by atoms with van der Waals surface area (Å²) in [6.07, 6.45) is 1.21. The third-order valence-corrected chi connectivity index (χ3v) is 3.79. The number of amides is 1. The minimum atomic E-state index is -0.621. The van der Waals surface area contributed by atoms with Crippen LogP contribution in [0.2, 0.25) is 5.02 Å². The van der Waals surface area contributed by atoms with E-state index in [2.05, 4.69) is 5.32 Å². The number of aliphatic hydroxyl groups excluding tert-OH is 1. The number of nitrogens with one attached hydrogen (secondary N) is 1. The molecule has 1 fully saturated rings. The Morgan fingerprint density at radius 2 is 2.42 bits per heavy atom. The van der Waals surface area contributed by atoms with Crippen LogP contribution in [0.1, 0.15) is 24.5 Å². The van der Waals surface area contributed by atoms with E-state index in [1.807, 2.05) is 17.0 Å². The molecule has 0 spiro atoms. The summed E-state index contributed by atoms with van der Waals surface area (Å²) in [6.45, 7) is 1.30. The Hall–Kier alpha value is -1.10. The molecule has 1 saturated heterocycles. The Morgan fingerprint density at radius 1 is 1.63 bits per heavy atom. The van der Waals surface area contributed by atoms with Crippen LogP contribution >= 0.6 is 11.6 Å². The van der Waals surface area contributed by atoms with E-state index < -0.39 is 6.10 Å². The van der Waals surface area contributed by atoms with Crippen molar-refractivity contribution in [3.05, 3.63) is 34.9 Å². The lowest BCUT2D eigenvalue weighted by Crippen LogP contribution is -2.43. The van der Waals surface area contributed by atoms with Crippen molar-refractivity contribution >= 4 is 17.5 Å². The molecule has 0 aromatic heterocycles. The van der Waals surface area contributed by atoms with E-state index in [1.54, 1.807) is 19.2 Å². The fourth-order valence-electron chi connectivity index (χ4n) is 2.55. The maximum absolute atomic E-state index is 11.7. The van der Waals surface area contributed by atoms with Gasteiger partial charge in [-0.15, -0.1) is 0 Å². The Kier molecular flexibility index (Phi) is 4.80. The minimum Gasteiger partial charge on any atom is -0.387 e. The Bertz CT molecular complexity index is 453. The average Bonchev–Trinajstić information content (AvgIpc) is 2.86. The lowest BCUT2D eigenvalue weighted by atomic mass is 10.1. The Morgan fingerprint density at radius 3 is 3.11 bits per heavy atom. The molecule has 5 heteroatoms. The lowest BCUT2D eigenvalue weighted by molar-refractivity contribution is -0.125. The number of halogens is 1. The molecule has 4 nitrogen and oxygen atoms in total. The van der Waals surface area contributed by atoms with Crippen molar-refractivity contribution in [1.29, 1.82) is 0 Å². The van der Waals surface area contributed by atoms with Gasteiger partial charge < -0.3 is 10.4 Å². The minimum absolute atomic E-state index is 0.0239. The van der Waals surface area contributed by atoms with Crippen molar-refractivity contribution in [3.63, 3.8) is 0 Å². The largest absolute Gasteiger partial charge is 0.387 e. The molecule has 1 aliphatic rings. The number of hydrogen-bond acceptors (Lipinski definition) is 3. The molecule has 1 amide bonds. The van der Waals surface area contributed by atoms with Gasteiger partial charge in [-0.2, -0.15) is 0 Å². The Balaban J connectivity index is 2.02. The number of hydrogen-bond donors (Lipinski definition) is 2. The predicted octanol–water partition coefficient (Wildman–Crippen LogP) is 1.58. The third kappa shape index (κ3) is 3.47. The zero-order valence-corrected chi connectivity index (χ0v) is 11.7. The van der Waals surface area contributed by atoms with Crippen LogP contribution in [0.4, 0.5) is 0 Å². The van der Waals surface area contributed by atoms with Crippen LogP contribution in [0, 0.1) is 0 Å². The van der Waals surface area contributed by atoms with Gasteiger partial charge in [-0.05, 0) is 37.1 Å². The van der Waals surface area contributed by atoms with E-state index in [9.17, 15) is 9.90 Å². The molecule has 1 aromatic rings. The Labute approximate surface area is 118 Å². The molecule has 2 atom stereocenters. The standard InChI is InChI=1S/C14H19ClN2O2/c1-16-14(19)12-6-3-7-17(12)9-13(18)10-4-2-5-11(15)8-10/h2,4-5,8,12-13,18H,3,6-7,9H2,1H3,(H,16,19)/t12-,13+/m0/s1. The van der Waals surface area contributed by atoms with E-state index in [0.29, 0.717) is 11.6 Å². The van der Waals surface area contributed by atoms with E-state index in [-0.39, 0.29) is 11.9 Å². The lowest BCUT2D eigenvalue weighted by Gasteiger charge is -2.25. The molecule has 2 N–H and O–H groups in total. The number of rotatable bonds is 4. The normalized spacial score (nSPS) is 21.3. The van der Waals surface area contributed by atoms with Gasteiger partial charge in [0.05, 0.1) is 12.1 Å². The molecule has 0 bridgehead atoms. The molecule has 1 aliphatic heterocycles. The number of aliphatic hydroxyl groups is 1. The number of carbonyl (C=O) groups excluding carboxylic acids is 1. The first-order chi connectivity index (χ1) is 9.11. The maximum atomic E-state index is 11.7. The van der Waals surface area contributed by atoms with Gasteiger partial charge >= 0.3 is 0 Å². The highest BCUT2D eigenvalue weighted by atomic mass is 35.5. The molecular weight excluding hydrogens is 264 g/mol. The zero-order chi connectivity index (χ0) is 13.8. The van der Waals surface area contributed by atoms with Gasteiger partial charge in [-0.25, -0.2) is 0 Å². The van der Waals surface area contributed by atoms with E-state index in [4.69, 9.17) is 11.6 Å². The monoisotopic (exact) mass is 282 g/mol. The van der Waals surface area contributed by atoms with Crippen molar-refractivity contribution in [2.24, 2.45) is 0 Å². The van der Waals surface area contributed by atoms with Crippen LogP contribution in [-0.2, 0) is 4.79 Å². The fourth-order valence-corrected chi connectivity index (χ4v) is 2.75. The zero-order valence-electron chi connectivity index (χ0n) is 11.0. The number of likely N-dealkylation sites (tertiary alicyclic amines) is 1. The van der Waals surface area contributed by atoms with Crippen molar-refractivity contribution in [2.45, 2.75) is 25.0 Å². The number of carbonyl (C=O) groups is 1. The van der Waals surface area contributed by atoms with Gasteiger partial charge in [0, 0.05) is 18.6 Å². The molecule has 1 heterocycles. The van der Waals surface area contributed by atoms with Gasteiger partial charge in [-0.1, -0.05) is 23.7 Å². The summed E-state index contributed by atoms with van der Waals surface area (Å²) in [5, 5.41) is 13.5.